The van der Waals surface area contributed by atoms with Crippen LogP contribution in [-0.4, -0.2) is 119 Å². The highest BCUT2D eigenvalue weighted by atomic mass is 128. The van der Waals surface area contributed by atoms with Crippen LogP contribution in [0.1, 0.15) is 0 Å². The number of halogens is 2. The normalized spacial score (nSPS) is 18.7. The number of hydrogen-bond acceptors (Lipinski definition) is 11. The van der Waals surface area contributed by atoms with E-state index in [0.29, 0.717) is 142 Å². The molecular weight excluding hydrogens is 790 g/mol. The lowest BCUT2D eigenvalue weighted by molar-refractivity contribution is 0.00206. The quantitative estimate of drug-likeness (QED) is 0.343. The number of benzene rings is 2. The second kappa shape index (κ2) is 28.3. The molecule has 0 saturated carbocycles. The average molecular weight is 834 g/mol. The van der Waals surface area contributed by atoms with Gasteiger partial charge >= 0.3 is 0 Å². The first-order chi connectivity index (χ1) is 21.4. The van der Waals surface area contributed by atoms with Crippen molar-refractivity contribution in [2.45, 2.75) is 0 Å². The van der Waals surface area contributed by atoms with Gasteiger partial charge in [-0.2, -0.15) is 0 Å². The van der Waals surface area contributed by atoms with Gasteiger partial charge in [0.25, 0.3) is 0 Å². The summed E-state index contributed by atoms with van der Waals surface area (Å²) in [7, 11) is 0. The predicted octanol–water partition coefficient (Wildman–Crippen LogP) is 4.80. The first kappa shape index (κ1) is 38.0. The molecule has 1 fully saturated rings. The maximum atomic E-state index is 5.74. The van der Waals surface area contributed by atoms with Gasteiger partial charge in [-0.25, -0.2) is 0 Å². The first-order valence-corrected chi connectivity index (χ1v) is 20.6. The van der Waals surface area contributed by atoms with Crippen molar-refractivity contribution in [1.82, 2.24) is 0 Å². The zero-order chi connectivity index (χ0) is 30.5. The average Bonchev–Trinajstić information content (AvgIpc) is 3.06. The van der Waals surface area contributed by atoms with Crippen LogP contribution in [0, 0.1) is 0 Å². The van der Waals surface area contributed by atoms with E-state index in [0.717, 1.165) is 0 Å². The first-order valence-electron chi connectivity index (χ1n) is 14.3. The molecule has 2 aromatic carbocycles. The molecule has 11 nitrogen and oxygen atoms in total. The van der Waals surface area contributed by atoms with E-state index in [1.807, 2.05) is 48.5 Å². The molecule has 0 aliphatic carbocycles. The van der Waals surface area contributed by atoms with E-state index in [1.165, 1.54) is 0 Å². The smallest absolute Gasteiger partial charge is 0.161 e. The van der Waals surface area contributed by atoms with Gasteiger partial charge in [-0.1, -0.05) is 24.3 Å². The highest BCUT2D eigenvalue weighted by Crippen LogP contribution is 2.27. The zero-order valence-corrected chi connectivity index (χ0v) is 28.9. The van der Waals surface area contributed by atoms with E-state index in [9.17, 15) is 0 Å². The van der Waals surface area contributed by atoms with Crippen LogP contribution in [0.25, 0.3) is 0 Å². The predicted molar refractivity (Wildman–Crippen MR) is 179 cm³/mol. The Morgan fingerprint density at radius 1 is 0.279 bits per heavy atom. The van der Waals surface area contributed by atoms with E-state index in [-0.39, 0.29) is 0 Å². The molecule has 244 valence electrons. The molecule has 13 heteroatoms. The van der Waals surface area contributed by atoms with Crippen molar-refractivity contribution in [3.05, 3.63) is 48.5 Å². The molecule has 2 aromatic rings. The maximum absolute atomic E-state index is 5.74. The lowest BCUT2D eigenvalue weighted by atomic mass is 10.3. The van der Waals surface area contributed by atoms with E-state index >= 15 is 0 Å². The summed E-state index contributed by atoms with van der Waals surface area (Å²) >= 11 is 4.24. The van der Waals surface area contributed by atoms with Gasteiger partial charge < -0.3 is 52.1 Å². The Morgan fingerprint density at radius 2 is 0.442 bits per heavy atom. The number of ether oxygens (including phenoxy) is 11. The minimum Gasteiger partial charge on any atom is -0.487 e. The van der Waals surface area contributed by atoms with Crippen molar-refractivity contribution >= 4 is 37.2 Å². The van der Waals surface area contributed by atoms with Crippen molar-refractivity contribution in [2.24, 2.45) is 0 Å². The van der Waals surface area contributed by atoms with Crippen LogP contribution in [0.5, 0.6) is 23.0 Å². The summed E-state index contributed by atoms with van der Waals surface area (Å²) in [5.41, 5.74) is 0. The van der Waals surface area contributed by atoms with Gasteiger partial charge in [0.2, 0.25) is 0 Å². The molecule has 0 unspecified atom stereocenters. The van der Waals surface area contributed by atoms with Crippen LogP contribution in [-0.2, 0) is 33.2 Å². The lowest BCUT2D eigenvalue weighted by Crippen LogP contribution is -2.15. The molecule has 1 saturated heterocycles. The third-order valence-corrected chi connectivity index (χ3v) is 5.50. The zero-order valence-electron chi connectivity index (χ0n) is 24.6. The van der Waals surface area contributed by atoms with Crippen molar-refractivity contribution in [1.29, 1.82) is 0 Å². The van der Waals surface area contributed by atoms with Crippen LogP contribution >= 0.6 is 37.2 Å². The van der Waals surface area contributed by atoms with E-state index in [1.54, 1.807) is 0 Å². The molecule has 0 radical (unpaired) electrons. The second-order valence-corrected chi connectivity index (χ2v) is 8.57. The number of fused-ring (bicyclic) bond motifs is 2. The Morgan fingerprint density at radius 3 is 0.628 bits per heavy atom. The topological polar surface area (TPSA) is 102 Å². The van der Waals surface area contributed by atoms with Crippen LogP contribution in [0.3, 0.4) is 0 Å². The van der Waals surface area contributed by atoms with Crippen LogP contribution in [0.4, 0.5) is 0 Å². The van der Waals surface area contributed by atoms with Gasteiger partial charge in [0, 0.05) is 37.2 Å². The second-order valence-electron chi connectivity index (χ2n) is 8.57. The van der Waals surface area contributed by atoms with E-state index in [2.05, 4.69) is 37.2 Å². The summed E-state index contributed by atoms with van der Waals surface area (Å²) in [5.74, 6) is 2.80. The molecule has 43 heavy (non-hydrogen) atoms. The third-order valence-electron chi connectivity index (χ3n) is 5.50. The van der Waals surface area contributed by atoms with Gasteiger partial charge in [-0.15, -0.1) is 0 Å². The number of para-hydroxylation sites is 4. The molecule has 0 spiro atoms. The number of rotatable bonds is 0. The van der Waals surface area contributed by atoms with Gasteiger partial charge in [0.05, 0.1) is 92.5 Å². The largest absolute Gasteiger partial charge is 0.487 e. The summed E-state index contributed by atoms with van der Waals surface area (Å²) in [4.78, 5) is 0. The van der Waals surface area contributed by atoms with Gasteiger partial charge in [-0.05, 0) is 24.3 Å². The van der Waals surface area contributed by atoms with Crippen LogP contribution < -0.4 is 18.9 Å². The molecule has 2 aliphatic heterocycles. The number of hydrogen-bond donors (Lipinski definition) is 0. The Labute approximate surface area is 278 Å². The van der Waals surface area contributed by atoms with Crippen LogP contribution in [0.15, 0.2) is 48.5 Å². The highest BCUT2D eigenvalue weighted by molar-refractivity contribution is 15.0. The minimum absolute atomic E-state index is 0.441. The Balaban J connectivity index is 0.000000324. The molecule has 2 aliphatic rings. The summed E-state index contributed by atoms with van der Waals surface area (Å²) < 4.78 is 60.5. The molecule has 0 amide bonds. The maximum Gasteiger partial charge on any atom is 0.161 e. The standard InChI is InChI=1S/C20H24O6.C10H20O5.I2/c1-2-6-18-17(5-1)23-13-9-21-11-15-25-19-7-3-4-8-20(19)26-16-12-22-10-14-24-18;1-2-12-5-6-14-9-10-15-8-7-13-4-3-11-1;1-2/h1-8H,9-16H2;1-10H2;. The van der Waals surface area contributed by atoms with Crippen molar-refractivity contribution in [2.75, 3.05) is 119 Å². The summed E-state index contributed by atoms with van der Waals surface area (Å²) in [6, 6.07) is 15.2. The Hall–Kier alpha value is -1.18. The molecular formula is C30H44I2O11. The minimum atomic E-state index is 0.441. The summed E-state index contributed by atoms with van der Waals surface area (Å²) in [6.07, 6.45) is 0. The van der Waals surface area contributed by atoms with Gasteiger partial charge in [-0.3, -0.25) is 0 Å². The fourth-order valence-corrected chi connectivity index (χ4v) is 3.52. The highest BCUT2D eigenvalue weighted by Gasteiger charge is 2.07. The van der Waals surface area contributed by atoms with Crippen molar-refractivity contribution in [3.63, 3.8) is 0 Å². The SMILES string of the molecule is C1COCCOCCOCCOCCO1.II.c1ccc2c(c1)OCCOCCOc1ccccc1OCCOCCO2. The Bertz CT molecular complexity index is 740. The summed E-state index contributed by atoms with van der Waals surface area (Å²) in [6.45, 7) is 9.76. The van der Waals surface area contributed by atoms with Crippen molar-refractivity contribution < 1.29 is 52.1 Å². The lowest BCUT2D eigenvalue weighted by Gasteiger charge is -2.15. The molecule has 0 N–H and O–H groups in total. The molecule has 2 heterocycles. The van der Waals surface area contributed by atoms with Gasteiger partial charge in [0.1, 0.15) is 26.4 Å². The third kappa shape index (κ3) is 19.7. The molecule has 0 atom stereocenters. The van der Waals surface area contributed by atoms with Crippen LogP contribution in [0.2, 0.25) is 0 Å². The molecule has 0 bridgehead atoms. The Kier molecular flexibility index (Phi) is 25.0. The van der Waals surface area contributed by atoms with E-state index < -0.39 is 0 Å². The molecule has 0 aromatic heterocycles. The fourth-order valence-electron chi connectivity index (χ4n) is 3.52. The molecule has 4 rings (SSSR count). The van der Waals surface area contributed by atoms with Crippen molar-refractivity contribution in [3.8, 4) is 23.0 Å². The van der Waals surface area contributed by atoms with Gasteiger partial charge in [0.15, 0.2) is 23.0 Å². The van der Waals surface area contributed by atoms with E-state index in [4.69, 9.17) is 52.1 Å². The fraction of sp³-hybridized carbons (Fsp3) is 0.600. The summed E-state index contributed by atoms with van der Waals surface area (Å²) in [5, 5.41) is 0. The monoisotopic (exact) mass is 834 g/mol.